The van der Waals surface area contributed by atoms with Crippen LogP contribution in [0, 0.1) is 0 Å². The normalized spacial score (nSPS) is 11.0. The highest BCUT2D eigenvalue weighted by molar-refractivity contribution is 5.92. The average molecular weight is 257 g/mol. The molecule has 0 aliphatic heterocycles. The second kappa shape index (κ2) is 3.88. The van der Waals surface area contributed by atoms with E-state index in [-0.39, 0.29) is 5.76 Å². The van der Waals surface area contributed by atoms with Gasteiger partial charge in [-0.1, -0.05) is 0 Å². The lowest BCUT2D eigenvalue weighted by molar-refractivity contribution is 0.0663. The van der Waals surface area contributed by atoms with E-state index in [9.17, 15) is 4.79 Å². The van der Waals surface area contributed by atoms with Crippen molar-refractivity contribution in [1.29, 1.82) is 0 Å². The van der Waals surface area contributed by atoms with Crippen molar-refractivity contribution in [3.63, 3.8) is 0 Å². The number of aromatic carboxylic acids is 1. The summed E-state index contributed by atoms with van der Waals surface area (Å²) in [5.74, 6) is -0.255. The van der Waals surface area contributed by atoms with E-state index in [0.29, 0.717) is 11.6 Å². The lowest BCUT2D eigenvalue weighted by Crippen LogP contribution is -1.91. The molecule has 3 N–H and O–H groups in total. The van der Waals surface area contributed by atoms with Gasteiger partial charge in [0.25, 0.3) is 0 Å². The molecule has 2 aromatic heterocycles. The maximum absolute atomic E-state index is 10.8. The van der Waals surface area contributed by atoms with Gasteiger partial charge >= 0.3 is 5.97 Å². The number of benzene rings is 1. The van der Waals surface area contributed by atoms with Crippen LogP contribution in [0.4, 0.5) is 5.82 Å². The lowest BCUT2D eigenvalue weighted by atomic mass is 10.1. The van der Waals surface area contributed by atoms with Crippen molar-refractivity contribution in [2.75, 3.05) is 5.73 Å². The number of carbonyl (C=O) groups is 1. The first kappa shape index (κ1) is 11.3. The van der Waals surface area contributed by atoms with E-state index in [1.165, 1.54) is 6.07 Å². The minimum absolute atomic E-state index is 0.0887. The molecule has 3 aromatic rings. The maximum Gasteiger partial charge on any atom is 0.371 e. The first-order chi connectivity index (χ1) is 9.06. The predicted molar refractivity (Wildman–Crippen MR) is 69.8 cm³/mol. The van der Waals surface area contributed by atoms with Gasteiger partial charge in [0.2, 0.25) is 5.76 Å². The third-order valence-corrected chi connectivity index (χ3v) is 2.98. The number of carboxylic acid groups (broad SMARTS) is 1. The van der Waals surface area contributed by atoms with Crippen molar-refractivity contribution in [3.8, 4) is 11.3 Å². The molecule has 19 heavy (non-hydrogen) atoms. The van der Waals surface area contributed by atoms with E-state index in [4.69, 9.17) is 15.3 Å². The number of nitrogen functional groups attached to an aromatic ring is 1. The summed E-state index contributed by atoms with van der Waals surface area (Å²) < 4.78 is 6.95. The molecule has 0 bridgehead atoms. The van der Waals surface area contributed by atoms with Gasteiger partial charge in [-0.05, 0) is 30.3 Å². The zero-order valence-electron chi connectivity index (χ0n) is 10.1. The third kappa shape index (κ3) is 1.74. The molecular formula is C13H11N3O3. The number of hydrogen-bond donors (Lipinski definition) is 2. The van der Waals surface area contributed by atoms with Crippen LogP contribution in [-0.4, -0.2) is 20.9 Å². The van der Waals surface area contributed by atoms with Gasteiger partial charge < -0.3 is 15.3 Å². The molecule has 1 aromatic carbocycles. The van der Waals surface area contributed by atoms with Gasteiger partial charge in [0, 0.05) is 18.0 Å². The molecule has 0 saturated carbocycles. The Hall–Kier alpha value is -2.76. The number of aromatic nitrogens is 2. The van der Waals surface area contributed by atoms with Crippen LogP contribution in [0.5, 0.6) is 0 Å². The van der Waals surface area contributed by atoms with E-state index >= 15 is 0 Å². The summed E-state index contributed by atoms with van der Waals surface area (Å²) in [6.07, 6.45) is 0. The second-order valence-electron chi connectivity index (χ2n) is 4.21. The summed E-state index contributed by atoms with van der Waals surface area (Å²) in [6, 6.07) is 8.60. The van der Waals surface area contributed by atoms with E-state index < -0.39 is 5.97 Å². The molecule has 0 fully saturated rings. The van der Waals surface area contributed by atoms with Gasteiger partial charge in [0.15, 0.2) is 5.82 Å². The first-order valence-electron chi connectivity index (χ1n) is 5.62. The molecule has 0 atom stereocenters. The lowest BCUT2D eigenvalue weighted by Gasteiger charge is -1.98. The van der Waals surface area contributed by atoms with Crippen LogP contribution >= 0.6 is 0 Å². The number of rotatable bonds is 2. The van der Waals surface area contributed by atoms with Crippen molar-refractivity contribution in [3.05, 3.63) is 36.1 Å². The first-order valence-corrected chi connectivity index (χ1v) is 5.62. The highest BCUT2D eigenvalue weighted by Crippen LogP contribution is 2.28. The van der Waals surface area contributed by atoms with Gasteiger partial charge in [-0.25, -0.2) is 4.79 Å². The largest absolute Gasteiger partial charge is 0.475 e. The Kier molecular flexibility index (Phi) is 2.31. The molecule has 3 rings (SSSR count). The van der Waals surface area contributed by atoms with E-state index in [2.05, 4.69) is 5.10 Å². The summed E-state index contributed by atoms with van der Waals surface area (Å²) in [6.45, 7) is 0. The third-order valence-electron chi connectivity index (χ3n) is 2.98. The Balaban J connectivity index is 2.14. The molecule has 0 unspecified atom stereocenters. The van der Waals surface area contributed by atoms with Crippen LogP contribution < -0.4 is 5.73 Å². The molecule has 0 radical (unpaired) electrons. The average Bonchev–Trinajstić information content (AvgIpc) is 2.96. The zero-order valence-corrected chi connectivity index (χ0v) is 10.1. The zero-order chi connectivity index (χ0) is 13.6. The Morgan fingerprint density at radius 1 is 1.37 bits per heavy atom. The Morgan fingerprint density at radius 3 is 2.84 bits per heavy atom. The quantitative estimate of drug-likeness (QED) is 0.733. The predicted octanol–water partition coefficient (Wildman–Crippen LogP) is 2.11. The van der Waals surface area contributed by atoms with E-state index in [1.54, 1.807) is 10.7 Å². The SMILES string of the molecule is Cn1nc(N)c2cc(-c3ccc(C(=O)O)o3)ccc21. The van der Waals surface area contributed by atoms with Gasteiger partial charge in [-0.3, -0.25) is 4.68 Å². The second-order valence-corrected chi connectivity index (χ2v) is 4.21. The molecule has 2 heterocycles. The van der Waals surface area contributed by atoms with Crippen molar-refractivity contribution in [1.82, 2.24) is 9.78 Å². The summed E-state index contributed by atoms with van der Waals surface area (Å²) >= 11 is 0. The van der Waals surface area contributed by atoms with E-state index in [1.807, 2.05) is 25.2 Å². The van der Waals surface area contributed by atoms with Gasteiger partial charge in [-0.15, -0.1) is 0 Å². The Morgan fingerprint density at radius 2 is 2.16 bits per heavy atom. The van der Waals surface area contributed by atoms with Crippen molar-refractivity contribution in [2.45, 2.75) is 0 Å². The maximum atomic E-state index is 10.8. The van der Waals surface area contributed by atoms with Crippen LogP contribution in [0.15, 0.2) is 34.7 Å². The number of nitrogens with zero attached hydrogens (tertiary/aromatic N) is 2. The summed E-state index contributed by atoms with van der Waals surface area (Å²) in [7, 11) is 1.81. The summed E-state index contributed by atoms with van der Waals surface area (Å²) in [4.78, 5) is 10.8. The van der Waals surface area contributed by atoms with Crippen LogP contribution in [0.1, 0.15) is 10.6 Å². The van der Waals surface area contributed by atoms with Crippen molar-refractivity contribution in [2.24, 2.45) is 7.05 Å². The molecule has 0 amide bonds. The smallest absolute Gasteiger partial charge is 0.371 e. The molecule has 0 saturated heterocycles. The van der Waals surface area contributed by atoms with Crippen LogP contribution in [-0.2, 0) is 7.05 Å². The number of hydrogen-bond acceptors (Lipinski definition) is 4. The number of carboxylic acids is 1. The Bertz CT molecular complexity index is 786. The number of aryl methyl sites for hydroxylation is 1. The number of furan rings is 1. The standard InChI is InChI=1S/C13H11N3O3/c1-16-9-3-2-7(6-8(9)12(14)15-16)10-4-5-11(19-10)13(17)18/h2-6H,1H3,(H2,14,15)(H,17,18). The molecule has 6 heteroatoms. The highest BCUT2D eigenvalue weighted by Gasteiger charge is 2.12. The Labute approximate surface area is 108 Å². The fourth-order valence-corrected chi connectivity index (χ4v) is 2.05. The molecule has 0 aliphatic carbocycles. The van der Waals surface area contributed by atoms with Crippen molar-refractivity contribution < 1.29 is 14.3 Å². The summed E-state index contributed by atoms with van der Waals surface area (Å²) in [5, 5.41) is 13.8. The van der Waals surface area contributed by atoms with E-state index in [0.717, 1.165) is 16.5 Å². The van der Waals surface area contributed by atoms with Crippen molar-refractivity contribution >= 4 is 22.7 Å². The molecule has 6 nitrogen and oxygen atoms in total. The van der Waals surface area contributed by atoms with Crippen LogP contribution in [0.3, 0.4) is 0 Å². The molecular weight excluding hydrogens is 246 g/mol. The highest BCUT2D eigenvalue weighted by atomic mass is 16.4. The van der Waals surface area contributed by atoms with Gasteiger partial charge in [0.1, 0.15) is 5.76 Å². The summed E-state index contributed by atoms with van der Waals surface area (Å²) in [5.41, 5.74) is 7.49. The molecule has 0 aliphatic rings. The van der Waals surface area contributed by atoms with Crippen LogP contribution in [0.2, 0.25) is 0 Å². The molecule has 96 valence electrons. The number of anilines is 1. The monoisotopic (exact) mass is 257 g/mol. The number of fused-ring (bicyclic) bond motifs is 1. The number of nitrogens with two attached hydrogens (primary N) is 1. The topological polar surface area (TPSA) is 94.3 Å². The van der Waals surface area contributed by atoms with Crippen LogP contribution in [0.25, 0.3) is 22.2 Å². The minimum Gasteiger partial charge on any atom is -0.475 e. The van der Waals surface area contributed by atoms with Gasteiger partial charge in [0.05, 0.1) is 5.52 Å². The molecule has 0 spiro atoms. The fourth-order valence-electron chi connectivity index (χ4n) is 2.05. The fraction of sp³-hybridized carbons (Fsp3) is 0.0769. The van der Waals surface area contributed by atoms with Gasteiger partial charge in [-0.2, -0.15) is 5.10 Å². The minimum atomic E-state index is -1.09.